The van der Waals surface area contributed by atoms with E-state index in [-0.39, 0.29) is 0 Å². The first-order chi connectivity index (χ1) is 7.61. The molecule has 0 amide bonds. The molecule has 0 saturated carbocycles. The lowest BCUT2D eigenvalue weighted by Gasteiger charge is -2.03. The number of pyridine rings is 1. The Hall–Kier alpha value is -1.84. The highest BCUT2D eigenvalue weighted by Gasteiger charge is 2.09. The molecule has 0 saturated heterocycles. The number of nitrogens with zero attached hydrogens (tertiary/aromatic N) is 3. The number of anilines is 1. The fourth-order valence-corrected chi connectivity index (χ4v) is 1.77. The Labute approximate surface area is 95.1 Å². The predicted molar refractivity (Wildman–Crippen MR) is 65.0 cm³/mol. The normalized spacial score (nSPS) is 10.7. The molecule has 0 spiro atoms. The van der Waals surface area contributed by atoms with Gasteiger partial charge in [-0.2, -0.15) is 5.10 Å². The molecule has 0 fully saturated rings. The zero-order valence-corrected chi connectivity index (χ0v) is 9.86. The van der Waals surface area contributed by atoms with Gasteiger partial charge in [0.1, 0.15) is 5.82 Å². The summed E-state index contributed by atoms with van der Waals surface area (Å²) in [5.74, 6) is 0.589. The Morgan fingerprint density at radius 2 is 2.19 bits per heavy atom. The van der Waals surface area contributed by atoms with Crippen LogP contribution in [0.3, 0.4) is 0 Å². The molecule has 0 radical (unpaired) electrons. The SMILES string of the molecule is CCc1nn(C)cc1-c1cnc(N)c(C)c1. The molecule has 2 rings (SSSR count). The zero-order valence-electron chi connectivity index (χ0n) is 9.86. The number of hydrogen-bond acceptors (Lipinski definition) is 3. The third-order valence-electron chi connectivity index (χ3n) is 2.67. The number of aromatic nitrogens is 3. The van der Waals surface area contributed by atoms with E-state index in [4.69, 9.17) is 5.73 Å². The minimum atomic E-state index is 0.589. The predicted octanol–water partition coefficient (Wildman–Crippen LogP) is 1.94. The van der Waals surface area contributed by atoms with Crippen LogP contribution >= 0.6 is 0 Å². The molecule has 2 heterocycles. The van der Waals surface area contributed by atoms with Crippen molar-refractivity contribution >= 4 is 5.82 Å². The summed E-state index contributed by atoms with van der Waals surface area (Å²) in [5, 5.41) is 4.42. The average molecular weight is 216 g/mol. The molecule has 0 aliphatic carbocycles. The molecule has 2 N–H and O–H groups in total. The van der Waals surface area contributed by atoms with E-state index in [1.54, 1.807) is 6.20 Å². The number of nitrogen functional groups attached to an aromatic ring is 1. The van der Waals surface area contributed by atoms with Gasteiger partial charge in [0.2, 0.25) is 0 Å². The Bertz CT molecular complexity index is 514. The molecule has 2 aromatic heterocycles. The van der Waals surface area contributed by atoms with Gasteiger partial charge in [-0.15, -0.1) is 0 Å². The second-order valence-electron chi connectivity index (χ2n) is 3.94. The fraction of sp³-hybridized carbons (Fsp3) is 0.333. The van der Waals surface area contributed by atoms with Gasteiger partial charge in [0, 0.05) is 30.6 Å². The lowest BCUT2D eigenvalue weighted by atomic mass is 10.1. The second kappa shape index (κ2) is 3.96. The largest absolute Gasteiger partial charge is 0.383 e. The molecule has 4 nitrogen and oxygen atoms in total. The maximum Gasteiger partial charge on any atom is 0.126 e. The van der Waals surface area contributed by atoms with Crippen molar-refractivity contribution in [3.63, 3.8) is 0 Å². The summed E-state index contributed by atoms with van der Waals surface area (Å²) in [6, 6.07) is 2.05. The molecule has 2 aromatic rings. The maximum absolute atomic E-state index is 5.71. The van der Waals surface area contributed by atoms with Crippen LogP contribution in [0.5, 0.6) is 0 Å². The van der Waals surface area contributed by atoms with Crippen LogP contribution in [0.4, 0.5) is 5.82 Å². The van der Waals surface area contributed by atoms with Crippen molar-refractivity contribution in [2.24, 2.45) is 7.05 Å². The van der Waals surface area contributed by atoms with Gasteiger partial charge in [-0.3, -0.25) is 4.68 Å². The summed E-state index contributed by atoms with van der Waals surface area (Å²) >= 11 is 0. The van der Waals surface area contributed by atoms with E-state index in [0.717, 1.165) is 28.8 Å². The number of rotatable bonds is 2. The first kappa shape index (κ1) is 10.7. The highest BCUT2D eigenvalue weighted by Crippen LogP contribution is 2.24. The molecule has 0 atom stereocenters. The molecular formula is C12H16N4. The molecule has 0 aliphatic heterocycles. The Balaban J connectivity index is 2.53. The fourth-order valence-electron chi connectivity index (χ4n) is 1.77. The summed E-state index contributed by atoms with van der Waals surface area (Å²) in [4.78, 5) is 4.18. The van der Waals surface area contributed by atoms with Gasteiger partial charge in [0.15, 0.2) is 0 Å². The van der Waals surface area contributed by atoms with Crippen molar-refractivity contribution < 1.29 is 0 Å². The van der Waals surface area contributed by atoms with Gasteiger partial charge in [-0.1, -0.05) is 6.92 Å². The molecule has 0 aromatic carbocycles. The van der Waals surface area contributed by atoms with Crippen molar-refractivity contribution in [3.8, 4) is 11.1 Å². The smallest absolute Gasteiger partial charge is 0.126 e. The summed E-state index contributed by atoms with van der Waals surface area (Å²) in [6.07, 6.45) is 4.74. The molecule has 0 bridgehead atoms. The Kier molecular flexibility index (Phi) is 2.64. The highest BCUT2D eigenvalue weighted by molar-refractivity contribution is 5.66. The highest BCUT2D eigenvalue weighted by atomic mass is 15.2. The van der Waals surface area contributed by atoms with Crippen LogP contribution in [-0.4, -0.2) is 14.8 Å². The van der Waals surface area contributed by atoms with E-state index in [2.05, 4.69) is 23.1 Å². The van der Waals surface area contributed by atoms with Crippen LogP contribution < -0.4 is 5.73 Å². The van der Waals surface area contributed by atoms with Crippen LogP contribution in [-0.2, 0) is 13.5 Å². The summed E-state index contributed by atoms with van der Waals surface area (Å²) < 4.78 is 1.83. The van der Waals surface area contributed by atoms with Crippen LogP contribution in [0.25, 0.3) is 11.1 Å². The summed E-state index contributed by atoms with van der Waals surface area (Å²) in [7, 11) is 1.93. The van der Waals surface area contributed by atoms with Crippen molar-refractivity contribution in [2.75, 3.05) is 5.73 Å². The molecular weight excluding hydrogens is 200 g/mol. The van der Waals surface area contributed by atoms with Gasteiger partial charge < -0.3 is 5.73 Å². The first-order valence-electron chi connectivity index (χ1n) is 5.36. The van der Waals surface area contributed by atoms with Gasteiger partial charge >= 0.3 is 0 Å². The topological polar surface area (TPSA) is 56.7 Å². The van der Waals surface area contributed by atoms with E-state index in [1.165, 1.54) is 0 Å². The van der Waals surface area contributed by atoms with Crippen LogP contribution in [0.2, 0.25) is 0 Å². The third-order valence-corrected chi connectivity index (χ3v) is 2.67. The van der Waals surface area contributed by atoms with Gasteiger partial charge in [-0.25, -0.2) is 4.98 Å². The van der Waals surface area contributed by atoms with Crippen molar-refractivity contribution in [1.29, 1.82) is 0 Å². The van der Waals surface area contributed by atoms with Crippen LogP contribution in [0.1, 0.15) is 18.2 Å². The van der Waals surface area contributed by atoms with E-state index in [9.17, 15) is 0 Å². The Morgan fingerprint density at radius 3 is 2.81 bits per heavy atom. The minimum absolute atomic E-state index is 0.589. The summed E-state index contributed by atoms with van der Waals surface area (Å²) in [5.41, 5.74) is 10.0. The molecule has 4 heteroatoms. The Morgan fingerprint density at radius 1 is 1.44 bits per heavy atom. The first-order valence-corrected chi connectivity index (χ1v) is 5.36. The van der Waals surface area contributed by atoms with Crippen LogP contribution in [0, 0.1) is 6.92 Å². The van der Waals surface area contributed by atoms with Crippen molar-refractivity contribution in [1.82, 2.24) is 14.8 Å². The molecule has 0 aliphatic rings. The van der Waals surface area contributed by atoms with E-state index >= 15 is 0 Å². The van der Waals surface area contributed by atoms with E-state index < -0.39 is 0 Å². The number of hydrogen-bond donors (Lipinski definition) is 1. The van der Waals surface area contributed by atoms with E-state index in [1.807, 2.05) is 24.9 Å². The number of aryl methyl sites for hydroxylation is 3. The van der Waals surface area contributed by atoms with E-state index in [0.29, 0.717) is 5.82 Å². The average Bonchev–Trinajstić information content (AvgIpc) is 2.63. The zero-order chi connectivity index (χ0) is 11.7. The van der Waals surface area contributed by atoms with Gasteiger partial charge in [0.25, 0.3) is 0 Å². The number of nitrogens with two attached hydrogens (primary N) is 1. The standard InChI is InChI=1S/C12H16N4/c1-4-11-10(7-16(3)15-11)9-5-8(2)12(13)14-6-9/h5-7H,4H2,1-3H3,(H2,13,14). The second-order valence-corrected chi connectivity index (χ2v) is 3.94. The molecule has 16 heavy (non-hydrogen) atoms. The third kappa shape index (κ3) is 1.78. The van der Waals surface area contributed by atoms with Gasteiger partial charge in [0.05, 0.1) is 5.69 Å². The molecule has 84 valence electrons. The minimum Gasteiger partial charge on any atom is -0.383 e. The van der Waals surface area contributed by atoms with Gasteiger partial charge in [-0.05, 0) is 25.0 Å². The van der Waals surface area contributed by atoms with Crippen LogP contribution in [0.15, 0.2) is 18.5 Å². The molecule has 0 unspecified atom stereocenters. The van der Waals surface area contributed by atoms with Crippen molar-refractivity contribution in [3.05, 3.63) is 29.7 Å². The monoisotopic (exact) mass is 216 g/mol. The summed E-state index contributed by atoms with van der Waals surface area (Å²) in [6.45, 7) is 4.07. The lowest BCUT2D eigenvalue weighted by Crippen LogP contribution is -1.94. The maximum atomic E-state index is 5.71. The quantitative estimate of drug-likeness (QED) is 0.834. The van der Waals surface area contributed by atoms with Crippen molar-refractivity contribution in [2.45, 2.75) is 20.3 Å². The lowest BCUT2D eigenvalue weighted by molar-refractivity contribution is 0.746.